The van der Waals surface area contributed by atoms with E-state index in [9.17, 15) is 13.2 Å². The number of thiazole rings is 1. The van der Waals surface area contributed by atoms with Gasteiger partial charge in [-0.15, -0.1) is 0 Å². The summed E-state index contributed by atoms with van der Waals surface area (Å²) in [5.74, 6) is 0.204. The van der Waals surface area contributed by atoms with E-state index < -0.39 is 11.9 Å². The van der Waals surface area contributed by atoms with Crippen LogP contribution in [0.25, 0.3) is 21.3 Å². The van der Waals surface area contributed by atoms with Gasteiger partial charge < -0.3 is 15.8 Å². The standard InChI is InChI=1S/C19H20F3N5OS/c20-19(21,22)16-4-2-13(12-1-3-15-14(11-12)25-18(23)29-15)17(26-16)24-5-6-27-7-9-28-10-8-27/h1-4,11H,5-10H2,(H2,23,25)(H,24,26). The largest absolute Gasteiger partial charge is 0.433 e. The van der Waals surface area contributed by atoms with E-state index in [2.05, 4.69) is 20.2 Å². The number of aromatic nitrogens is 2. The van der Waals surface area contributed by atoms with E-state index in [1.807, 2.05) is 18.2 Å². The second-order valence-electron chi connectivity index (χ2n) is 6.71. The minimum Gasteiger partial charge on any atom is -0.379 e. The van der Waals surface area contributed by atoms with E-state index in [0.717, 1.165) is 29.4 Å². The first-order valence-corrected chi connectivity index (χ1v) is 10.0. The topological polar surface area (TPSA) is 76.3 Å². The van der Waals surface area contributed by atoms with Crippen molar-refractivity contribution < 1.29 is 17.9 Å². The molecule has 4 rings (SSSR count). The number of pyridine rings is 1. The molecule has 0 unspecified atom stereocenters. The molecule has 29 heavy (non-hydrogen) atoms. The zero-order chi connectivity index (χ0) is 20.4. The van der Waals surface area contributed by atoms with E-state index >= 15 is 0 Å². The Morgan fingerprint density at radius 1 is 1.14 bits per heavy atom. The van der Waals surface area contributed by atoms with Crippen molar-refractivity contribution in [2.75, 3.05) is 50.4 Å². The molecule has 0 bridgehead atoms. The number of alkyl halides is 3. The number of nitrogens with two attached hydrogens (primary N) is 1. The number of morpholine rings is 1. The summed E-state index contributed by atoms with van der Waals surface area (Å²) in [5.41, 5.74) is 6.87. The highest BCUT2D eigenvalue weighted by Gasteiger charge is 2.33. The molecule has 3 aromatic rings. The Balaban J connectivity index is 1.62. The Hall–Kier alpha value is -2.43. The molecule has 3 N–H and O–H groups in total. The van der Waals surface area contributed by atoms with Crippen LogP contribution in [-0.4, -0.2) is 54.3 Å². The lowest BCUT2D eigenvalue weighted by Gasteiger charge is -2.26. The van der Waals surface area contributed by atoms with Crippen LogP contribution in [0.3, 0.4) is 0 Å². The summed E-state index contributed by atoms with van der Waals surface area (Å²) in [5, 5.41) is 3.54. The van der Waals surface area contributed by atoms with Crippen molar-refractivity contribution in [1.82, 2.24) is 14.9 Å². The number of hydrogen-bond acceptors (Lipinski definition) is 7. The van der Waals surface area contributed by atoms with Gasteiger partial charge in [-0.05, 0) is 29.8 Å². The molecule has 0 saturated carbocycles. The molecule has 3 heterocycles. The van der Waals surface area contributed by atoms with Gasteiger partial charge in [0.25, 0.3) is 0 Å². The molecule has 0 radical (unpaired) electrons. The summed E-state index contributed by atoms with van der Waals surface area (Å²) >= 11 is 1.37. The fraction of sp³-hybridized carbons (Fsp3) is 0.368. The molecule has 1 saturated heterocycles. The summed E-state index contributed by atoms with van der Waals surface area (Å²) < 4.78 is 45.8. The van der Waals surface area contributed by atoms with Crippen molar-refractivity contribution in [3.05, 3.63) is 36.0 Å². The lowest BCUT2D eigenvalue weighted by molar-refractivity contribution is -0.141. The maximum atomic E-state index is 13.2. The summed E-state index contributed by atoms with van der Waals surface area (Å²) in [6.45, 7) is 4.14. The Morgan fingerprint density at radius 3 is 2.69 bits per heavy atom. The number of ether oxygens (including phenoxy) is 1. The minimum absolute atomic E-state index is 0.204. The van der Waals surface area contributed by atoms with Gasteiger partial charge in [-0.2, -0.15) is 13.2 Å². The summed E-state index contributed by atoms with van der Waals surface area (Å²) in [7, 11) is 0. The third-order valence-corrected chi connectivity index (χ3v) is 5.59. The van der Waals surface area contributed by atoms with Gasteiger partial charge in [0.2, 0.25) is 0 Å². The van der Waals surface area contributed by atoms with E-state index in [-0.39, 0.29) is 5.82 Å². The van der Waals surface area contributed by atoms with Crippen LogP contribution in [0.15, 0.2) is 30.3 Å². The molecule has 1 aliphatic rings. The SMILES string of the molecule is Nc1nc2cc(-c3ccc(C(F)(F)F)nc3NCCN3CCOCC3)ccc2s1. The van der Waals surface area contributed by atoms with Crippen molar-refractivity contribution in [3.8, 4) is 11.1 Å². The molecule has 10 heteroatoms. The van der Waals surface area contributed by atoms with Gasteiger partial charge in [-0.1, -0.05) is 17.4 Å². The zero-order valence-electron chi connectivity index (χ0n) is 15.5. The van der Waals surface area contributed by atoms with Crippen molar-refractivity contribution in [2.45, 2.75) is 6.18 Å². The smallest absolute Gasteiger partial charge is 0.379 e. The van der Waals surface area contributed by atoms with E-state index in [1.165, 1.54) is 17.4 Å². The summed E-state index contributed by atoms with van der Waals surface area (Å²) in [6.07, 6.45) is -4.51. The number of halogens is 3. The van der Waals surface area contributed by atoms with Gasteiger partial charge in [0.15, 0.2) is 5.13 Å². The molecule has 0 aliphatic carbocycles. The van der Waals surface area contributed by atoms with Crippen LogP contribution in [0, 0.1) is 0 Å². The van der Waals surface area contributed by atoms with Crippen LogP contribution in [0.4, 0.5) is 24.1 Å². The van der Waals surface area contributed by atoms with E-state index in [0.29, 0.717) is 42.5 Å². The Labute approximate surface area is 169 Å². The Morgan fingerprint density at radius 2 is 1.93 bits per heavy atom. The fourth-order valence-electron chi connectivity index (χ4n) is 3.25. The number of benzene rings is 1. The lowest BCUT2D eigenvalue weighted by atomic mass is 10.1. The molecule has 2 aromatic heterocycles. The predicted octanol–water partition coefficient (Wildman–Crippen LogP) is 3.70. The molecule has 154 valence electrons. The molecular weight excluding hydrogens is 403 g/mol. The summed E-state index contributed by atoms with van der Waals surface area (Å²) in [6, 6.07) is 7.98. The predicted molar refractivity (Wildman–Crippen MR) is 108 cm³/mol. The number of fused-ring (bicyclic) bond motifs is 1. The van der Waals surface area contributed by atoms with Gasteiger partial charge in [0.1, 0.15) is 11.5 Å². The number of hydrogen-bond donors (Lipinski definition) is 2. The van der Waals surface area contributed by atoms with Crippen molar-refractivity contribution in [1.29, 1.82) is 0 Å². The molecule has 1 fully saturated rings. The average molecular weight is 423 g/mol. The van der Waals surface area contributed by atoms with Gasteiger partial charge in [0, 0.05) is 31.7 Å². The quantitative estimate of drug-likeness (QED) is 0.652. The number of nitrogens with one attached hydrogen (secondary N) is 1. The van der Waals surface area contributed by atoms with Crippen LogP contribution in [0.2, 0.25) is 0 Å². The number of rotatable bonds is 5. The first kappa shape index (κ1) is 19.9. The lowest BCUT2D eigenvalue weighted by Crippen LogP contribution is -2.39. The second-order valence-corrected chi connectivity index (χ2v) is 7.77. The van der Waals surface area contributed by atoms with Crippen molar-refractivity contribution >= 4 is 32.5 Å². The molecular formula is C19H20F3N5OS. The highest BCUT2D eigenvalue weighted by molar-refractivity contribution is 7.22. The van der Waals surface area contributed by atoms with Crippen LogP contribution in [-0.2, 0) is 10.9 Å². The van der Waals surface area contributed by atoms with Gasteiger partial charge in [-0.3, -0.25) is 4.90 Å². The second kappa shape index (κ2) is 8.13. The maximum Gasteiger partial charge on any atom is 0.433 e. The Bertz CT molecular complexity index is 1000. The van der Waals surface area contributed by atoms with Gasteiger partial charge in [-0.25, -0.2) is 9.97 Å². The molecule has 1 aromatic carbocycles. The molecule has 6 nitrogen and oxygen atoms in total. The molecule has 1 aliphatic heterocycles. The zero-order valence-corrected chi connectivity index (χ0v) is 16.3. The van der Waals surface area contributed by atoms with Crippen LogP contribution < -0.4 is 11.1 Å². The minimum atomic E-state index is -4.51. The first-order chi connectivity index (χ1) is 13.9. The van der Waals surface area contributed by atoms with Crippen molar-refractivity contribution in [2.24, 2.45) is 0 Å². The molecule has 0 atom stereocenters. The van der Waals surface area contributed by atoms with Crippen molar-refractivity contribution in [3.63, 3.8) is 0 Å². The number of nitrogen functional groups attached to an aromatic ring is 1. The Kier molecular flexibility index (Phi) is 5.57. The monoisotopic (exact) mass is 423 g/mol. The van der Waals surface area contributed by atoms with Crippen LogP contribution in [0.1, 0.15) is 5.69 Å². The first-order valence-electron chi connectivity index (χ1n) is 9.19. The molecule has 0 spiro atoms. The average Bonchev–Trinajstić information content (AvgIpc) is 3.07. The number of anilines is 2. The third kappa shape index (κ3) is 4.60. The van der Waals surface area contributed by atoms with Gasteiger partial charge >= 0.3 is 6.18 Å². The third-order valence-electron chi connectivity index (χ3n) is 4.72. The summed E-state index contributed by atoms with van der Waals surface area (Å²) in [4.78, 5) is 10.3. The van der Waals surface area contributed by atoms with Crippen LogP contribution >= 0.6 is 11.3 Å². The highest BCUT2D eigenvalue weighted by Crippen LogP contribution is 2.35. The van der Waals surface area contributed by atoms with Gasteiger partial charge in [0.05, 0.1) is 23.4 Å². The van der Waals surface area contributed by atoms with E-state index in [1.54, 1.807) is 0 Å². The highest BCUT2D eigenvalue weighted by atomic mass is 32.1. The van der Waals surface area contributed by atoms with E-state index in [4.69, 9.17) is 10.5 Å². The fourth-order valence-corrected chi connectivity index (χ4v) is 3.97. The van der Waals surface area contributed by atoms with Crippen LogP contribution in [0.5, 0.6) is 0 Å². The normalized spacial score (nSPS) is 15.7. The molecule has 0 amide bonds. The number of nitrogens with zero attached hydrogens (tertiary/aromatic N) is 3. The maximum absolute atomic E-state index is 13.2.